The van der Waals surface area contributed by atoms with Crippen LogP contribution in [-0.4, -0.2) is 11.4 Å². The minimum atomic E-state index is 0.106. The molecule has 6 heavy (non-hydrogen) atoms. The van der Waals surface area contributed by atoms with E-state index >= 15 is 0 Å². The Morgan fingerprint density at radius 1 is 2.00 bits per heavy atom. The van der Waals surface area contributed by atoms with Crippen molar-refractivity contribution in [2.24, 2.45) is 11.1 Å². The number of nitrogens with zero attached hydrogens (tertiary/aromatic N) is 1. The van der Waals surface area contributed by atoms with Gasteiger partial charge in [0.2, 0.25) is 0 Å². The summed E-state index contributed by atoms with van der Waals surface area (Å²) < 4.78 is 0. The zero-order valence-corrected chi connectivity index (χ0v) is 3.76. The molecule has 0 saturated carbocycles. The van der Waals surface area contributed by atoms with Crippen molar-refractivity contribution in [2.45, 2.75) is 6.92 Å². The van der Waals surface area contributed by atoms with Gasteiger partial charge in [0.25, 0.3) is 0 Å². The van der Waals surface area contributed by atoms with Gasteiger partial charge in [0.05, 0.1) is 0 Å². The fourth-order valence-electron chi connectivity index (χ4n) is 0.114. The highest BCUT2D eigenvalue weighted by Gasteiger charge is 1.80. The van der Waals surface area contributed by atoms with Gasteiger partial charge in [-0.05, 0) is 12.8 Å². The second-order valence-corrected chi connectivity index (χ2v) is 1.24. The van der Waals surface area contributed by atoms with Gasteiger partial charge in [-0.3, -0.25) is 0 Å². The van der Waals surface area contributed by atoms with E-state index in [9.17, 15) is 0 Å². The molecule has 0 amide bonds. The normalized spacial score (nSPS) is 11.2. The minimum absolute atomic E-state index is 0.106. The Bertz CT molecular complexity index is 49.5. The van der Waals surface area contributed by atoms with Crippen LogP contribution in [0.1, 0.15) is 6.92 Å². The van der Waals surface area contributed by atoms with Gasteiger partial charge >= 0.3 is 0 Å². The van der Waals surface area contributed by atoms with Crippen LogP contribution in [-0.2, 0) is 0 Å². The number of hydrogen-bond donors (Lipinski definition) is 1. The zero-order valence-electron chi connectivity index (χ0n) is 3.76. The van der Waals surface area contributed by atoms with Gasteiger partial charge in [0, 0.05) is 6.21 Å². The van der Waals surface area contributed by atoms with E-state index in [1.54, 1.807) is 0 Å². The van der Waals surface area contributed by atoms with Crippen molar-refractivity contribution in [3.05, 3.63) is 6.92 Å². The lowest BCUT2D eigenvalue weighted by molar-refractivity contribution is 0.319. The lowest BCUT2D eigenvalue weighted by Crippen LogP contribution is -1.85. The van der Waals surface area contributed by atoms with Gasteiger partial charge in [-0.25, -0.2) is 0 Å². The maximum Gasteiger partial charge on any atom is 0.0464 e. The summed E-state index contributed by atoms with van der Waals surface area (Å²) in [5.41, 5.74) is 0. The standard InChI is InChI=1S/C4H8NO/c1-4(2)3-5-6/h3-4,6H,1H2,2H3. The quantitative estimate of drug-likeness (QED) is 0.287. The Morgan fingerprint density at radius 3 is 2.50 bits per heavy atom. The van der Waals surface area contributed by atoms with Crippen molar-refractivity contribution in [2.75, 3.05) is 0 Å². The maximum absolute atomic E-state index is 7.77. The highest BCUT2D eigenvalue weighted by atomic mass is 16.4. The Hall–Kier alpha value is -0.530. The molecule has 0 aromatic rings. The average molecular weight is 86.1 g/mol. The highest BCUT2D eigenvalue weighted by molar-refractivity contribution is 5.59. The van der Waals surface area contributed by atoms with Crippen molar-refractivity contribution in [1.82, 2.24) is 0 Å². The summed E-state index contributed by atoms with van der Waals surface area (Å²) in [7, 11) is 0. The van der Waals surface area contributed by atoms with Crippen LogP contribution in [0.3, 0.4) is 0 Å². The van der Waals surface area contributed by atoms with Crippen molar-refractivity contribution in [3.8, 4) is 0 Å². The molecule has 2 nitrogen and oxygen atoms in total. The van der Waals surface area contributed by atoms with Crippen molar-refractivity contribution in [3.63, 3.8) is 0 Å². The molecule has 1 N–H and O–H groups in total. The molecule has 1 atom stereocenters. The Balaban J connectivity index is 3.03. The summed E-state index contributed by atoms with van der Waals surface area (Å²) in [6, 6.07) is 0. The Kier molecular flexibility index (Phi) is 2.46. The van der Waals surface area contributed by atoms with E-state index in [0.717, 1.165) is 0 Å². The summed E-state index contributed by atoms with van der Waals surface area (Å²) >= 11 is 0. The van der Waals surface area contributed by atoms with Crippen molar-refractivity contribution in [1.29, 1.82) is 0 Å². The van der Waals surface area contributed by atoms with E-state index in [-0.39, 0.29) is 5.92 Å². The van der Waals surface area contributed by atoms with Crippen molar-refractivity contribution < 1.29 is 5.21 Å². The SMILES string of the molecule is [CH2]C(C)C=NO. The predicted octanol–water partition coefficient (Wildman–Crippen LogP) is 0.917. The largest absolute Gasteiger partial charge is 0.411 e. The third-order valence-electron chi connectivity index (χ3n) is 0.321. The Morgan fingerprint density at radius 2 is 2.50 bits per heavy atom. The van der Waals surface area contributed by atoms with E-state index in [0.29, 0.717) is 0 Å². The van der Waals surface area contributed by atoms with Crippen LogP contribution >= 0.6 is 0 Å². The summed E-state index contributed by atoms with van der Waals surface area (Å²) in [6.45, 7) is 5.35. The monoisotopic (exact) mass is 86.1 g/mol. The van der Waals surface area contributed by atoms with Gasteiger partial charge in [0.1, 0.15) is 0 Å². The predicted molar refractivity (Wildman–Crippen MR) is 24.8 cm³/mol. The first-order valence-electron chi connectivity index (χ1n) is 1.78. The molecule has 0 aliphatic rings. The molecule has 0 fully saturated rings. The smallest absolute Gasteiger partial charge is 0.0464 e. The Labute approximate surface area is 37.5 Å². The topological polar surface area (TPSA) is 32.6 Å². The van der Waals surface area contributed by atoms with Crippen LogP contribution < -0.4 is 0 Å². The fourth-order valence-corrected chi connectivity index (χ4v) is 0.114. The molecule has 0 aliphatic heterocycles. The van der Waals surface area contributed by atoms with Crippen LogP contribution in [0.25, 0.3) is 0 Å². The van der Waals surface area contributed by atoms with Gasteiger partial charge in [0.15, 0.2) is 0 Å². The second-order valence-electron chi connectivity index (χ2n) is 1.24. The third kappa shape index (κ3) is 3.47. The molecule has 0 heterocycles. The fraction of sp³-hybridized carbons (Fsp3) is 0.500. The van der Waals surface area contributed by atoms with Gasteiger partial charge < -0.3 is 5.21 Å². The molecular formula is C4H8NO. The van der Waals surface area contributed by atoms with Gasteiger partial charge in [-0.1, -0.05) is 6.92 Å². The first kappa shape index (κ1) is 5.47. The minimum Gasteiger partial charge on any atom is -0.411 e. The zero-order chi connectivity index (χ0) is 4.99. The maximum atomic E-state index is 7.77. The van der Waals surface area contributed by atoms with Crippen LogP contribution in [0.5, 0.6) is 0 Å². The van der Waals surface area contributed by atoms with E-state index < -0.39 is 0 Å². The van der Waals surface area contributed by atoms with Crippen LogP contribution in [0.4, 0.5) is 0 Å². The van der Waals surface area contributed by atoms with E-state index in [4.69, 9.17) is 5.21 Å². The molecule has 0 aromatic carbocycles. The average Bonchev–Trinajstić information content (AvgIpc) is 1.35. The van der Waals surface area contributed by atoms with Crippen molar-refractivity contribution >= 4 is 6.21 Å². The first-order chi connectivity index (χ1) is 2.77. The summed E-state index contributed by atoms with van der Waals surface area (Å²) in [6.07, 6.45) is 1.36. The number of hydrogen-bond acceptors (Lipinski definition) is 2. The second kappa shape index (κ2) is 2.69. The molecule has 0 bridgehead atoms. The molecule has 1 radical (unpaired) electrons. The summed E-state index contributed by atoms with van der Waals surface area (Å²) in [5.74, 6) is 0.106. The van der Waals surface area contributed by atoms with E-state index in [1.807, 2.05) is 6.92 Å². The van der Waals surface area contributed by atoms with Crippen LogP contribution in [0, 0.1) is 12.8 Å². The summed E-state index contributed by atoms with van der Waals surface area (Å²) in [4.78, 5) is 0. The molecular weight excluding hydrogens is 78.0 g/mol. The van der Waals surface area contributed by atoms with Gasteiger partial charge in [-0.2, -0.15) is 0 Å². The molecule has 0 aliphatic carbocycles. The lowest BCUT2D eigenvalue weighted by Gasteiger charge is -1.84. The number of rotatable bonds is 1. The molecule has 1 unspecified atom stereocenters. The molecule has 0 saturated heterocycles. The molecule has 0 spiro atoms. The van der Waals surface area contributed by atoms with E-state index in [2.05, 4.69) is 12.1 Å². The lowest BCUT2D eigenvalue weighted by atomic mass is 10.3. The van der Waals surface area contributed by atoms with Gasteiger partial charge in [-0.15, -0.1) is 5.16 Å². The molecule has 0 rings (SSSR count). The molecule has 0 aromatic heterocycles. The van der Waals surface area contributed by atoms with E-state index in [1.165, 1.54) is 6.21 Å². The first-order valence-corrected chi connectivity index (χ1v) is 1.78. The highest BCUT2D eigenvalue weighted by Crippen LogP contribution is 1.80. The molecule has 2 heteroatoms. The number of oxime groups is 1. The van der Waals surface area contributed by atoms with Crippen LogP contribution in [0.15, 0.2) is 5.16 Å². The third-order valence-corrected chi connectivity index (χ3v) is 0.321. The molecule has 35 valence electrons. The van der Waals surface area contributed by atoms with Crippen LogP contribution in [0.2, 0.25) is 0 Å². The summed E-state index contributed by atoms with van der Waals surface area (Å²) in [5, 5.41) is 10.5.